The average molecular weight is 215 g/mol. The number of carbonyl (C=O) groups is 1. The number of halogens is 2. The summed E-state index contributed by atoms with van der Waals surface area (Å²) >= 11 is 0. The van der Waals surface area contributed by atoms with Crippen molar-refractivity contribution in [1.29, 1.82) is 0 Å². The van der Waals surface area contributed by atoms with Crippen LogP contribution in [0.15, 0.2) is 12.1 Å². The molecule has 0 fully saturated rings. The van der Waals surface area contributed by atoms with E-state index in [1.165, 1.54) is 14.0 Å². The number of methoxy groups -OCH3 is 1. The number of ether oxygens (including phenoxy) is 1. The normalized spacial score (nSPS) is 12.3. The predicted molar refractivity (Wildman–Crippen MR) is 51.2 cm³/mol. The van der Waals surface area contributed by atoms with E-state index in [0.717, 1.165) is 12.1 Å². The van der Waals surface area contributed by atoms with E-state index in [1.54, 1.807) is 0 Å². The summed E-state index contributed by atoms with van der Waals surface area (Å²) in [6.45, 7) is 1.43. The molecular formula is C10H11F2NO2. The van der Waals surface area contributed by atoms with Crippen LogP contribution in [0.3, 0.4) is 0 Å². The molecule has 0 radical (unpaired) electrons. The molecule has 1 rings (SSSR count). The van der Waals surface area contributed by atoms with Gasteiger partial charge in [0.1, 0.15) is 11.6 Å². The number of nitrogen functional groups attached to an aromatic ring is 1. The van der Waals surface area contributed by atoms with Crippen molar-refractivity contribution in [3.63, 3.8) is 0 Å². The third-order valence-electron chi connectivity index (χ3n) is 2.14. The number of hydrogen-bond acceptors (Lipinski definition) is 3. The van der Waals surface area contributed by atoms with Crippen molar-refractivity contribution in [2.45, 2.75) is 12.8 Å². The number of rotatable bonds is 2. The molecule has 0 aliphatic carbocycles. The van der Waals surface area contributed by atoms with Gasteiger partial charge in [0, 0.05) is 11.6 Å². The molecule has 0 aliphatic rings. The minimum Gasteiger partial charge on any atom is -0.469 e. The molecule has 0 spiro atoms. The lowest BCUT2D eigenvalue weighted by molar-refractivity contribution is -0.142. The van der Waals surface area contributed by atoms with Crippen LogP contribution in [-0.2, 0) is 9.53 Å². The van der Waals surface area contributed by atoms with Gasteiger partial charge in [0.2, 0.25) is 0 Å². The Morgan fingerprint density at radius 2 is 2.00 bits per heavy atom. The second-order valence-corrected chi connectivity index (χ2v) is 3.14. The summed E-state index contributed by atoms with van der Waals surface area (Å²) in [5.74, 6) is -2.95. The average Bonchev–Trinajstić information content (AvgIpc) is 2.21. The first kappa shape index (κ1) is 11.4. The molecule has 5 heteroatoms. The highest BCUT2D eigenvalue weighted by molar-refractivity contribution is 5.77. The molecule has 0 saturated heterocycles. The Kier molecular flexibility index (Phi) is 3.24. The maximum Gasteiger partial charge on any atom is 0.312 e. The summed E-state index contributed by atoms with van der Waals surface area (Å²) < 4.78 is 30.8. The van der Waals surface area contributed by atoms with Crippen LogP contribution in [0.4, 0.5) is 14.5 Å². The number of carbonyl (C=O) groups excluding carboxylic acids is 1. The van der Waals surface area contributed by atoms with Gasteiger partial charge in [-0.25, -0.2) is 8.78 Å². The number of benzene rings is 1. The van der Waals surface area contributed by atoms with Crippen molar-refractivity contribution in [3.8, 4) is 0 Å². The summed E-state index contributed by atoms with van der Waals surface area (Å²) in [6, 6.07) is 1.76. The first-order chi connectivity index (χ1) is 6.97. The summed E-state index contributed by atoms with van der Waals surface area (Å²) in [6.07, 6.45) is 0. The van der Waals surface area contributed by atoms with E-state index in [4.69, 9.17) is 5.73 Å². The molecule has 0 amide bonds. The smallest absolute Gasteiger partial charge is 0.312 e. The van der Waals surface area contributed by atoms with E-state index in [9.17, 15) is 13.6 Å². The topological polar surface area (TPSA) is 52.3 Å². The third kappa shape index (κ3) is 2.23. The van der Waals surface area contributed by atoms with Gasteiger partial charge in [-0.1, -0.05) is 0 Å². The van der Waals surface area contributed by atoms with Crippen molar-refractivity contribution >= 4 is 11.7 Å². The van der Waals surface area contributed by atoms with E-state index < -0.39 is 23.5 Å². The van der Waals surface area contributed by atoms with Gasteiger partial charge >= 0.3 is 5.97 Å². The number of nitrogens with two attached hydrogens (primary N) is 1. The molecule has 1 aromatic rings. The maximum atomic E-state index is 13.3. The van der Waals surface area contributed by atoms with Crippen molar-refractivity contribution in [3.05, 3.63) is 29.3 Å². The van der Waals surface area contributed by atoms with Crippen LogP contribution in [0.1, 0.15) is 18.4 Å². The Morgan fingerprint density at radius 3 is 2.53 bits per heavy atom. The molecule has 0 unspecified atom stereocenters. The molecule has 0 bridgehead atoms. The fourth-order valence-electron chi connectivity index (χ4n) is 1.21. The molecule has 0 heterocycles. The molecule has 0 aliphatic heterocycles. The lowest BCUT2D eigenvalue weighted by Crippen LogP contribution is -2.13. The van der Waals surface area contributed by atoms with Gasteiger partial charge < -0.3 is 10.5 Å². The van der Waals surface area contributed by atoms with Gasteiger partial charge in [-0.15, -0.1) is 0 Å². The van der Waals surface area contributed by atoms with Crippen LogP contribution in [-0.4, -0.2) is 13.1 Å². The van der Waals surface area contributed by atoms with Crippen LogP contribution >= 0.6 is 0 Å². The van der Waals surface area contributed by atoms with E-state index in [0.29, 0.717) is 0 Å². The van der Waals surface area contributed by atoms with Gasteiger partial charge in [0.25, 0.3) is 0 Å². The maximum absolute atomic E-state index is 13.3. The number of esters is 1. The van der Waals surface area contributed by atoms with E-state index in [1.807, 2.05) is 0 Å². The summed E-state index contributed by atoms with van der Waals surface area (Å²) in [5.41, 5.74) is 4.82. The molecule has 0 aromatic heterocycles. The highest BCUT2D eigenvalue weighted by Gasteiger charge is 2.20. The lowest BCUT2D eigenvalue weighted by atomic mass is 10.00. The number of anilines is 1. The Bertz CT molecular complexity index is 393. The first-order valence-electron chi connectivity index (χ1n) is 4.29. The second-order valence-electron chi connectivity index (χ2n) is 3.14. The van der Waals surface area contributed by atoms with Gasteiger partial charge in [-0.2, -0.15) is 0 Å². The van der Waals surface area contributed by atoms with Crippen LogP contribution in [0, 0.1) is 11.6 Å². The van der Waals surface area contributed by atoms with Crippen LogP contribution in [0.25, 0.3) is 0 Å². The summed E-state index contributed by atoms with van der Waals surface area (Å²) in [4.78, 5) is 11.1. The first-order valence-corrected chi connectivity index (χ1v) is 4.29. The third-order valence-corrected chi connectivity index (χ3v) is 2.14. The minimum atomic E-state index is -0.856. The lowest BCUT2D eigenvalue weighted by Gasteiger charge is -2.11. The van der Waals surface area contributed by atoms with Crippen molar-refractivity contribution in [2.75, 3.05) is 12.8 Å². The zero-order valence-corrected chi connectivity index (χ0v) is 8.38. The second kappa shape index (κ2) is 4.25. The largest absolute Gasteiger partial charge is 0.469 e. The van der Waals surface area contributed by atoms with Gasteiger partial charge in [0.05, 0.1) is 18.7 Å². The Hall–Kier alpha value is -1.65. The molecule has 1 aromatic carbocycles. The predicted octanol–water partition coefficient (Wildman–Crippen LogP) is 1.82. The van der Waals surface area contributed by atoms with E-state index >= 15 is 0 Å². The molecule has 1 atom stereocenters. The van der Waals surface area contributed by atoms with Crippen molar-refractivity contribution in [2.24, 2.45) is 0 Å². The van der Waals surface area contributed by atoms with E-state index in [-0.39, 0.29) is 11.3 Å². The quantitative estimate of drug-likeness (QED) is 0.604. The summed E-state index contributed by atoms with van der Waals surface area (Å²) in [7, 11) is 1.18. The zero-order valence-electron chi connectivity index (χ0n) is 8.38. The van der Waals surface area contributed by atoms with Crippen LogP contribution in [0.2, 0.25) is 0 Å². The zero-order chi connectivity index (χ0) is 11.6. The van der Waals surface area contributed by atoms with Crippen LogP contribution in [0.5, 0.6) is 0 Å². The molecule has 15 heavy (non-hydrogen) atoms. The van der Waals surface area contributed by atoms with Crippen molar-refractivity contribution < 1.29 is 18.3 Å². The molecule has 82 valence electrons. The SMILES string of the molecule is COC(=O)[C@@H](C)c1cc(F)c(N)cc1F. The number of hydrogen-bond donors (Lipinski definition) is 1. The highest BCUT2D eigenvalue weighted by Crippen LogP contribution is 2.24. The molecular weight excluding hydrogens is 204 g/mol. The molecule has 3 nitrogen and oxygen atoms in total. The minimum absolute atomic E-state index is 0.0615. The van der Waals surface area contributed by atoms with Gasteiger partial charge in [-0.05, 0) is 13.0 Å². The highest BCUT2D eigenvalue weighted by atomic mass is 19.1. The Morgan fingerprint density at radius 1 is 1.40 bits per heavy atom. The Labute approximate surface area is 85.8 Å². The standard InChI is InChI=1S/C10H11F2NO2/c1-5(10(14)15-2)6-3-8(12)9(13)4-7(6)11/h3-5H,13H2,1-2H3/t5-/m0/s1. The Balaban J connectivity index is 3.14. The van der Waals surface area contributed by atoms with Crippen molar-refractivity contribution in [1.82, 2.24) is 0 Å². The van der Waals surface area contributed by atoms with E-state index in [2.05, 4.69) is 4.74 Å². The monoisotopic (exact) mass is 215 g/mol. The molecule has 2 N–H and O–H groups in total. The van der Waals surface area contributed by atoms with Gasteiger partial charge in [0.15, 0.2) is 0 Å². The fourth-order valence-corrected chi connectivity index (χ4v) is 1.21. The van der Waals surface area contributed by atoms with Gasteiger partial charge in [-0.3, -0.25) is 4.79 Å². The summed E-state index contributed by atoms with van der Waals surface area (Å²) in [5, 5.41) is 0. The van der Waals surface area contributed by atoms with Crippen LogP contribution < -0.4 is 5.73 Å². The molecule has 0 saturated carbocycles. The fraction of sp³-hybridized carbons (Fsp3) is 0.300.